The molecule has 0 aliphatic heterocycles. The van der Waals surface area contributed by atoms with Gasteiger partial charge in [-0.15, -0.1) is 0 Å². The minimum Gasteiger partial charge on any atom is -0.348 e. The fourth-order valence-electron chi connectivity index (χ4n) is 2.98. The molecule has 1 saturated carbocycles. The molecular formula is C17H24N2O2. The van der Waals surface area contributed by atoms with Crippen LogP contribution in [0.2, 0.25) is 0 Å². The molecule has 1 aromatic rings. The lowest BCUT2D eigenvalue weighted by Crippen LogP contribution is -2.45. The van der Waals surface area contributed by atoms with Crippen molar-refractivity contribution in [3.63, 3.8) is 0 Å². The van der Waals surface area contributed by atoms with E-state index in [4.69, 9.17) is 0 Å². The van der Waals surface area contributed by atoms with Gasteiger partial charge in [-0.25, -0.2) is 0 Å². The molecule has 0 bridgehead atoms. The number of carbonyl (C=O) groups excluding carboxylic acids is 2. The van der Waals surface area contributed by atoms with Gasteiger partial charge in [0.25, 0.3) is 0 Å². The van der Waals surface area contributed by atoms with E-state index < -0.39 is 0 Å². The monoisotopic (exact) mass is 288 g/mol. The quantitative estimate of drug-likeness (QED) is 0.905. The second kappa shape index (κ2) is 7.25. The number of rotatable bonds is 5. The Morgan fingerprint density at radius 3 is 2.43 bits per heavy atom. The van der Waals surface area contributed by atoms with E-state index in [1.54, 1.807) is 11.8 Å². The first-order chi connectivity index (χ1) is 10.1. The fraction of sp³-hybridized carbons (Fsp3) is 0.529. The zero-order chi connectivity index (χ0) is 15.2. The molecule has 1 aliphatic rings. The summed E-state index contributed by atoms with van der Waals surface area (Å²) in [5.74, 6) is -0.0992. The minimum absolute atomic E-state index is 0.00980. The van der Waals surface area contributed by atoms with Gasteiger partial charge in [-0.2, -0.15) is 0 Å². The number of amides is 2. The lowest BCUT2D eigenvalue weighted by Gasteiger charge is -2.28. The number of benzene rings is 1. The molecule has 0 aromatic heterocycles. The van der Waals surface area contributed by atoms with Crippen molar-refractivity contribution in [1.82, 2.24) is 10.2 Å². The van der Waals surface area contributed by atoms with Gasteiger partial charge < -0.3 is 10.2 Å². The van der Waals surface area contributed by atoms with E-state index in [-0.39, 0.29) is 30.4 Å². The summed E-state index contributed by atoms with van der Waals surface area (Å²) >= 11 is 0. The fourth-order valence-corrected chi connectivity index (χ4v) is 2.98. The zero-order valence-electron chi connectivity index (χ0n) is 12.8. The zero-order valence-corrected chi connectivity index (χ0v) is 12.8. The van der Waals surface area contributed by atoms with Gasteiger partial charge in [0.1, 0.15) is 0 Å². The number of nitrogens with zero attached hydrogens (tertiary/aromatic N) is 1. The van der Waals surface area contributed by atoms with E-state index in [0.717, 1.165) is 31.2 Å². The van der Waals surface area contributed by atoms with Crippen molar-refractivity contribution in [2.45, 2.75) is 51.6 Å². The summed E-state index contributed by atoms with van der Waals surface area (Å²) in [5, 5.41) is 2.97. The summed E-state index contributed by atoms with van der Waals surface area (Å²) in [6, 6.07) is 10.0. The molecule has 1 aromatic carbocycles. The van der Waals surface area contributed by atoms with Crippen molar-refractivity contribution in [2.24, 2.45) is 0 Å². The van der Waals surface area contributed by atoms with Crippen LogP contribution in [0.5, 0.6) is 0 Å². The van der Waals surface area contributed by atoms with Crippen LogP contribution >= 0.6 is 0 Å². The van der Waals surface area contributed by atoms with E-state index in [9.17, 15) is 9.59 Å². The Morgan fingerprint density at radius 2 is 1.86 bits per heavy atom. The summed E-state index contributed by atoms with van der Waals surface area (Å²) in [5.41, 5.74) is 1.07. The Hall–Kier alpha value is -1.84. The standard InChI is InChI=1S/C17H24N2O2/c1-13(15-8-4-3-5-9-15)18-17(21)12-19(14(2)20)16-10-6-7-11-16/h3-5,8-9,13,16H,6-7,10-12H2,1-2H3,(H,18,21). The molecule has 0 heterocycles. The Balaban J connectivity index is 1.91. The third-order valence-corrected chi connectivity index (χ3v) is 4.16. The van der Waals surface area contributed by atoms with Gasteiger partial charge in [0.05, 0.1) is 12.6 Å². The number of nitrogens with one attached hydrogen (secondary N) is 1. The van der Waals surface area contributed by atoms with Gasteiger partial charge in [-0.3, -0.25) is 9.59 Å². The van der Waals surface area contributed by atoms with Gasteiger partial charge in [0.2, 0.25) is 11.8 Å². The Labute approximate surface area is 126 Å². The lowest BCUT2D eigenvalue weighted by molar-refractivity contribution is -0.136. The SMILES string of the molecule is CC(=O)N(CC(=O)NC(C)c1ccccc1)C1CCCC1. The topological polar surface area (TPSA) is 49.4 Å². The summed E-state index contributed by atoms with van der Waals surface area (Å²) in [6.07, 6.45) is 4.33. The molecule has 0 radical (unpaired) electrons. The average Bonchev–Trinajstić information content (AvgIpc) is 2.99. The van der Waals surface area contributed by atoms with Crippen LogP contribution in [0.3, 0.4) is 0 Å². The van der Waals surface area contributed by atoms with Gasteiger partial charge in [0.15, 0.2) is 0 Å². The smallest absolute Gasteiger partial charge is 0.240 e. The summed E-state index contributed by atoms with van der Waals surface area (Å²) in [4.78, 5) is 25.7. The highest BCUT2D eigenvalue weighted by atomic mass is 16.2. The molecule has 1 N–H and O–H groups in total. The van der Waals surface area contributed by atoms with Crippen molar-refractivity contribution < 1.29 is 9.59 Å². The van der Waals surface area contributed by atoms with Crippen molar-refractivity contribution in [2.75, 3.05) is 6.54 Å². The highest BCUT2D eigenvalue weighted by Gasteiger charge is 2.26. The van der Waals surface area contributed by atoms with Crippen molar-refractivity contribution in [3.05, 3.63) is 35.9 Å². The van der Waals surface area contributed by atoms with Crippen molar-refractivity contribution >= 4 is 11.8 Å². The van der Waals surface area contributed by atoms with Crippen LogP contribution in [0, 0.1) is 0 Å². The van der Waals surface area contributed by atoms with Crippen LogP contribution in [0.15, 0.2) is 30.3 Å². The largest absolute Gasteiger partial charge is 0.348 e. The minimum atomic E-state index is -0.0894. The van der Waals surface area contributed by atoms with E-state index >= 15 is 0 Å². The van der Waals surface area contributed by atoms with E-state index in [1.165, 1.54) is 0 Å². The molecule has 1 aliphatic carbocycles. The summed E-state index contributed by atoms with van der Waals surface area (Å²) < 4.78 is 0. The molecule has 1 fully saturated rings. The highest BCUT2D eigenvalue weighted by Crippen LogP contribution is 2.23. The van der Waals surface area contributed by atoms with Crippen LogP contribution in [0.25, 0.3) is 0 Å². The van der Waals surface area contributed by atoms with Gasteiger partial charge >= 0.3 is 0 Å². The van der Waals surface area contributed by atoms with Crippen molar-refractivity contribution in [1.29, 1.82) is 0 Å². The molecular weight excluding hydrogens is 264 g/mol. The molecule has 4 nitrogen and oxygen atoms in total. The van der Waals surface area contributed by atoms with Gasteiger partial charge in [-0.1, -0.05) is 43.2 Å². The van der Waals surface area contributed by atoms with Crippen LogP contribution in [-0.2, 0) is 9.59 Å². The van der Waals surface area contributed by atoms with E-state index in [2.05, 4.69) is 5.32 Å². The Bertz CT molecular complexity index is 481. The highest BCUT2D eigenvalue weighted by molar-refractivity contribution is 5.84. The maximum absolute atomic E-state index is 12.2. The van der Waals surface area contributed by atoms with Gasteiger partial charge in [0, 0.05) is 13.0 Å². The molecule has 1 atom stereocenters. The predicted molar refractivity (Wildman–Crippen MR) is 82.6 cm³/mol. The van der Waals surface area contributed by atoms with E-state index in [1.807, 2.05) is 37.3 Å². The molecule has 21 heavy (non-hydrogen) atoms. The maximum atomic E-state index is 12.2. The molecule has 0 spiro atoms. The van der Waals surface area contributed by atoms with Crippen LogP contribution in [0.1, 0.15) is 51.1 Å². The lowest BCUT2D eigenvalue weighted by atomic mass is 10.1. The first kappa shape index (κ1) is 15.5. The molecule has 2 rings (SSSR count). The molecule has 1 unspecified atom stereocenters. The molecule has 0 saturated heterocycles. The second-order valence-electron chi connectivity index (χ2n) is 5.79. The Morgan fingerprint density at radius 1 is 1.24 bits per heavy atom. The van der Waals surface area contributed by atoms with Crippen LogP contribution in [-0.4, -0.2) is 29.3 Å². The predicted octanol–water partition coefficient (Wildman–Crippen LogP) is 2.65. The second-order valence-corrected chi connectivity index (χ2v) is 5.79. The molecule has 4 heteroatoms. The Kier molecular flexibility index (Phi) is 5.37. The van der Waals surface area contributed by atoms with Crippen LogP contribution in [0.4, 0.5) is 0 Å². The van der Waals surface area contributed by atoms with Gasteiger partial charge in [-0.05, 0) is 25.3 Å². The first-order valence-corrected chi connectivity index (χ1v) is 7.69. The summed E-state index contributed by atoms with van der Waals surface area (Å²) in [6.45, 7) is 3.67. The number of hydrogen-bond donors (Lipinski definition) is 1. The molecule has 2 amide bonds. The average molecular weight is 288 g/mol. The van der Waals surface area contributed by atoms with Crippen LogP contribution < -0.4 is 5.32 Å². The third-order valence-electron chi connectivity index (χ3n) is 4.16. The number of hydrogen-bond acceptors (Lipinski definition) is 2. The number of carbonyl (C=O) groups is 2. The normalized spacial score (nSPS) is 16.5. The third kappa shape index (κ3) is 4.31. The maximum Gasteiger partial charge on any atom is 0.240 e. The summed E-state index contributed by atoms with van der Waals surface area (Å²) in [7, 11) is 0. The molecule has 114 valence electrons. The van der Waals surface area contributed by atoms with E-state index in [0.29, 0.717) is 0 Å². The van der Waals surface area contributed by atoms with Crippen molar-refractivity contribution in [3.8, 4) is 0 Å². The first-order valence-electron chi connectivity index (χ1n) is 7.69.